The molecule has 0 radical (unpaired) electrons. The van der Waals surface area contributed by atoms with Crippen LogP contribution in [0.15, 0.2) is 36.7 Å². The molecule has 3 heterocycles. The molecule has 0 fully saturated rings. The van der Waals surface area contributed by atoms with E-state index in [9.17, 15) is 4.79 Å². The normalized spacial score (nSPS) is 13.8. The molecule has 0 atom stereocenters. The van der Waals surface area contributed by atoms with Gasteiger partial charge in [-0.1, -0.05) is 6.92 Å². The van der Waals surface area contributed by atoms with Crippen molar-refractivity contribution < 1.29 is 4.79 Å². The molecule has 1 aromatic carbocycles. The Hall–Kier alpha value is -2.96. The molecular weight excluding hydrogens is 316 g/mol. The molecule has 0 saturated carbocycles. The summed E-state index contributed by atoms with van der Waals surface area (Å²) in [5.74, 6) is 1.87. The van der Waals surface area contributed by atoms with Crippen LogP contribution >= 0.6 is 0 Å². The van der Waals surface area contributed by atoms with E-state index in [1.165, 1.54) is 0 Å². The molecule has 0 unspecified atom stereocenters. The van der Waals surface area contributed by atoms with Crippen LogP contribution in [0, 0.1) is 6.92 Å². The van der Waals surface area contributed by atoms with Gasteiger partial charge in [-0.05, 0) is 36.8 Å². The fourth-order valence-corrected chi connectivity index (χ4v) is 3.15. The Kier molecular flexibility index (Phi) is 3.83. The van der Waals surface area contributed by atoms with Crippen molar-refractivity contribution in [2.45, 2.75) is 33.4 Å². The van der Waals surface area contributed by atoms with Crippen LogP contribution in [0.1, 0.15) is 34.5 Å². The van der Waals surface area contributed by atoms with E-state index in [0.717, 1.165) is 35.9 Å². The van der Waals surface area contributed by atoms with Gasteiger partial charge in [-0.15, -0.1) is 10.2 Å². The Morgan fingerprint density at radius 3 is 2.64 bits per heavy atom. The minimum Gasteiger partial charge on any atom is -0.329 e. The lowest BCUT2D eigenvalue weighted by Gasteiger charge is -2.28. The summed E-state index contributed by atoms with van der Waals surface area (Å²) in [7, 11) is 0. The summed E-state index contributed by atoms with van der Waals surface area (Å²) >= 11 is 0. The lowest BCUT2D eigenvalue weighted by Crippen LogP contribution is -2.38. The number of hydrogen-bond donors (Lipinski definition) is 0. The monoisotopic (exact) mass is 336 g/mol. The molecule has 1 aliphatic heterocycles. The SMILES string of the molecule is CCc1nnc2n1CCN(C(=O)c1ccc(-n3cc(C)cn3)cc1)C2. The summed E-state index contributed by atoms with van der Waals surface area (Å²) in [5.41, 5.74) is 2.72. The summed E-state index contributed by atoms with van der Waals surface area (Å²) in [6.45, 7) is 6.00. The quantitative estimate of drug-likeness (QED) is 0.733. The summed E-state index contributed by atoms with van der Waals surface area (Å²) in [6.07, 6.45) is 4.63. The van der Waals surface area contributed by atoms with Gasteiger partial charge in [0, 0.05) is 31.3 Å². The highest BCUT2D eigenvalue weighted by molar-refractivity contribution is 5.94. The molecule has 0 aliphatic carbocycles. The third kappa shape index (κ3) is 2.82. The summed E-state index contributed by atoms with van der Waals surface area (Å²) in [6, 6.07) is 7.54. The largest absolute Gasteiger partial charge is 0.329 e. The van der Waals surface area contributed by atoms with E-state index in [2.05, 4.69) is 26.8 Å². The molecule has 4 rings (SSSR count). The molecular formula is C18H20N6O. The average Bonchev–Trinajstić information content (AvgIpc) is 3.26. The third-order valence-electron chi connectivity index (χ3n) is 4.52. The van der Waals surface area contributed by atoms with Gasteiger partial charge >= 0.3 is 0 Å². The fraction of sp³-hybridized carbons (Fsp3) is 0.333. The third-order valence-corrected chi connectivity index (χ3v) is 4.52. The van der Waals surface area contributed by atoms with Crippen molar-refractivity contribution in [3.05, 3.63) is 59.4 Å². The Labute approximate surface area is 145 Å². The lowest BCUT2D eigenvalue weighted by molar-refractivity contribution is 0.0706. The van der Waals surface area contributed by atoms with Crippen molar-refractivity contribution in [3.8, 4) is 5.69 Å². The first kappa shape index (κ1) is 15.6. The molecule has 0 saturated heterocycles. The molecule has 0 spiro atoms. The first-order valence-electron chi connectivity index (χ1n) is 8.47. The summed E-state index contributed by atoms with van der Waals surface area (Å²) < 4.78 is 3.92. The second-order valence-electron chi connectivity index (χ2n) is 6.27. The van der Waals surface area contributed by atoms with Crippen LogP contribution in [0.4, 0.5) is 0 Å². The maximum atomic E-state index is 12.8. The van der Waals surface area contributed by atoms with Gasteiger partial charge in [-0.3, -0.25) is 4.79 Å². The Morgan fingerprint density at radius 1 is 1.16 bits per heavy atom. The lowest BCUT2D eigenvalue weighted by atomic mass is 10.1. The van der Waals surface area contributed by atoms with Crippen LogP contribution in [-0.4, -0.2) is 41.9 Å². The van der Waals surface area contributed by atoms with Crippen LogP contribution in [0.2, 0.25) is 0 Å². The van der Waals surface area contributed by atoms with Crippen molar-refractivity contribution in [1.82, 2.24) is 29.4 Å². The van der Waals surface area contributed by atoms with Crippen molar-refractivity contribution in [2.75, 3.05) is 6.54 Å². The minimum atomic E-state index is 0.0236. The van der Waals surface area contributed by atoms with Gasteiger partial charge in [0.15, 0.2) is 5.82 Å². The number of benzene rings is 1. The summed E-state index contributed by atoms with van der Waals surface area (Å²) in [4.78, 5) is 14.6. The van der Waals surface area contributed by atoms with Gasteiger partial charge in [0.1, 0.15) is 5.82 Å². The van der Waals surface area contributed by atoms with Crippen molar-refractivity contribution in [3.63, 3.8) is 0 Å². The van der Waals surface area contributed by atoms with Crippen LogP contribution in [-0.2, 0) is 19.5 Å². The Balaban J connectivity index is 1.51. The number of carbonyl (C=O) groups excluding carboxylic acids is 1. The first-order valence-corrected chi connectivity index (χ1v) is 8.47. The number of amides is 1. The predicted octanol–water partition coefficient (Wildman–Crippen LogP) is 1.99. The van der Waals surface area contributed by atoms with Crippen LogP contribution in [0.3, 0.4) is 0 Å². The number of fused-ring (bicyclic) bond motifs is 1. The van der Waals surface area contributed by atoms with Crippen LogP contribution < -0.4 is 0 Å². The summed E-state index contributed by atoms with van der Waals surface area (Å²) in [5, 5.41) is 12.7. The smallest absolute Gasteiger partial charge is 0.254 e. The van der Waals surface area contributed by atoms with Crippen molar-refractivity contribution in [1.29, 1.82) is 0 Å². The average molecular weight is 336 g/mol. The minimum absolute atomic E-state index is 0.0236. The topological polar surface area (TPSA) is 68.8 Å². The molecule has 25 heavy (non-hydrogen) atoms. The van der Waals surface area contributed by atoms with Gasteiger partial charge in [-0.25, -0.2) is 4.68 Å². The molecule has 7 nitrogen and oxygen atoms in total. The van der Waals surface area contributed by atoms with Gasteiger partial charge < -0.3 is 9.47 Å². The Morgan fingerprint density at radius 2 is 1.96 bits per heavy atom. The molecule has 3 aromatic rings. The van der Waals surface area contributed by atoms with E-state index < -0.39 is 0 Å². The zero-order valence-corrected chi connectivity index (χ0v) is 14.4. The molecule has 1 aliphatic rings. The van der Waals surface area contributed by atoms with Gasteiger partial charge in [-0.2, -0.15) is 5.10 Å². The van der Waals surface area contributed by atoms with E-state index in [1.54, 1.807) is 4.68 Å². The van der Waals surface area contributed by atoms with E-state index in [-0.39, 0.29) is 5.91 Å². The first-order chi connectivity index (χ1) is 12.2. The maximum Gasteiger partial charge on any atom is 0.254 e. The number of rotatable bonds is 3. The number of aromatic nitrogens is 5. The predicted molar refractivity (Wildman–Crippen MR) is 92.4 cm³/mol. The van der Waals surface area contributed by atoms with E-state index >= 15 is 0 Å². The number of nitrogens with zero attached hydrogens (tertiary/aromatic N) is 6. The van der Waals surface area contributed by atoms with Crippen LogP contribution in [0.25, 0.3) is 5.69 Å². The van der Waals surface area contributed by atoms with Gasteiger partial charge in [0.25, 0.3) is 5.91 Å². The molecule has 0 bridgehead atoms. The molecule has 0 N–H and O–H groups in total. The van der Waals surface area contributed by atoms with Gasteiger partial charge in [0.05, 0.1) is 18.4 Å². The molecule has 7 heteroatoms. The van der Waals surface area contributed by atoms with E-state index in [1.807, 2.05) is 48.5 Å². The van der Waals surface area contributed by atoms with Crippen LogP contribution in [0.5, 0.6) is 0 Å². The fourth-order valence-electron chi connectivity index (χ4n) is 3.15. The zero-order valence-electron chi connectivity index (χ0n) is 14.4. The highest BCUT2D eigenvalue weighted by Crippen LogP contribution is 2.17. The van der Waals surface area contributed by atoms with E-state index in [0.29, 0.717) is 18.7 Å². The van der Waals surface area contributed by atoms with Crippen molar-refractivity contribution in [2.24, 2.45) is 0 Å². The van der Waals surface area contributed by atoms with Gasteiger partial charge in [0.2, 0.25) is 0 Å². The second-order valence-corrected chi connectivity index (χ2v) is 6.27. The Bertz CT molecular complexity index is 908. The van der Waals surface area contributed by atoms with Crippen molar-refractivity contribution >= 4 is 5.91 Å². The highest BCUT2D eigenvalue weighted by atomic mass is 16.2. The van der Waals surface area contributed by atoms with E-state index in [4.69, 9.17) is 0 Å². The number of aryl methyl sites for hydroxylation is 2. The molecule has 2 aromatic heterocycles. The number of hydrogen-bond acceptors (Lipinski definition) is 4. The highest BCUT2D eigenvalue weighted by Gasteiger charge is 2.24. The molecule has 128 valence electrons. The maximum absolute atomic E-state index is 12.8. The zero-order chi connectivity index (χ0) is 17.4. The number of carbonyl (C=O) groups is 1. The second kappa shape index (κ2) is 6.16. The molecule has 1 amide bonds. The standard InChI is InChI=1S/C18H20N6O/c1-3-16-20-21-17-12-22(8-9-23(16)17)18(25)14-4-6-15(7-5-14)24-11-13(2)10-19-24/h4-7,10-11H,3,8-9,12H2,1-2H3.